The van der Waals surface area contributed by atoms with Crippen molar-refractivity contribution < 1.29 is 28.6 Å². The van der Waals surface area contributed by atoms with E-state index in [1.54, 1.807) is 0 Å². The average Bonchev–Trinajstić information content (AvgIpc) is 3.36. The van der Waals surface area contributed by atoms with Gasteiger partial charge in [0, 0.05) is 19.3 Å². The van der Waals surface area contributed by atoms with E-state index in [1.165, 1.54) is 128 Å². The standard InChI is InChI=1S/C64H110O6/c1-4-7-10-13-16-19-21-23-25-27-29-31-32-34-35-37-39-41-43-45-48-51-54-57-63(66)69-60-61(59-68-62(65)56-53-50-47-18-15-12-9-6-3)70-64(67)58-55-52-49-46-44-42-40-38-36-33-30-28-26-24-22-20-17-14-11-8-5-2/h8,11,17,20-21,23-24,26-27,29-30,33,38,40,61H,4-7,9-10,12-16,18-19,22,25,28,31-32,34-37,39,41-60H2,1-3H3/b11-8-,20-17-,23-21-,26-24-,29-27-,33-30-,40-38-. The van der Waals surface area contributed by atoms with Gasteiger partial charge >= 0.3 is 17.9 Å². The molecular weight excluding hydrogens is 865 g/mol. The predicted octanol–water partition coefficient (Wildman–Crippen LogP) is 19.9. The molecule has 0 aromatic heterocycles. The maximum atomic E-state index is 12.8. The summed E-state index contributed by atoms with van der Waals surface area (Å²) in [5, 5.41) is 0. The summed E-state index contributed by atoms with van der Waals surface area (Å²) in [4.78, 5) is 38.0. The molecule has 70 heavy (non-hydrogen) atoms. The van der Waals surface area contributed by atoms with Gasteiger partial charge in [-0.05, 0) is 96.3 Å². The molecule has 0 aliphatic heterocycles. The molecule has 6 nitrogen and oxygen atoms in total. The summed E-state index contributed by atoms with van der Waals surface area (Å²) in [6, 6.07) is 0. The number of rotatable bonds is 53. The topological polar surface area (TPSA) is 78.9 Å². The summed E-state index contributed by atoms with van der Waals surface area (Å²) in [5.41, 5.74) is 0. The summed E-state index contributed by atoms with van der Waals surface area (Å²) in [6.07, 6.45) is 75.9. The minimum Gasteiger partial charge on any atom is -0.462 e. The van der Waals surface area contributed by atoms with Gasteiger partial charge in [-0.15, -0.1) is 0 Å². The Balaban J connectivity index is 4.26. The minimum absolute atomic E-state index is 0.0839. The number of carbonyl (C=O) groups excluding carboxylic acids is 3. The Morgan fingerprint density at radius 3 is 0.871 bits per heavy atom. The van der Waals surface area contributed by atoms with Crippen LogP contribution in [0.1, 0.15) is 284 Å². The number of unbranched alkanes of at least 4 members (excludes halogenated alkanes) is 28. The van der Waals surface area contributed by atoms with Crippen molar-refractivity contribution in [3.63, 3.8) is 0 Å². The molecule has 0 saturated carbocycles. The highest BCUT2D eigenvalue weighted by molar-refractivity contribution is 5.71. The molecule has 0 saturated heterocycles. The lowest BCUT2D eigenvalue weighted by atomic mass is 10.0. The summed E-state index contributed by atoms with van der Waals surface area (Å²) in [6.45, 7) is 6.48. The van der Waals surface area contributed by atoms with Gasteiger partial charge in [0.05, 0.1) is 0 Å². The van der Waals surface area contributed by atoms with Gasteiger partial charge < -0.3 is 14.2 Å². The number of carbonyl (C=O) groups is 3. The third kappa shape index (κ3) is 55.5. The van der Waals surface area contributed by atoms with Crippen LogP contribution in [0.4, 0.5) is 0 Å². The number of ether oxygens (including phenoxy) is 3. The molecule has 0 aliphatic carbocycles. The van der Waals surface area contributed by atoms with Crippen LogP contribution in [0.3, 0.4) is 0 Å². The van der Waals surface area contributed by atoms with Crippen molar-refractivity contribution in [3.05, 3.63) is 85.1 Å². The predicted molar refractivity (Wildman–Crippen MR) is 302 cm³/mol. The lowest BCUT2D eigenvalue weighted by Crippen LogP contribution is -2.30. The van der Waals surface area contributed by atoms with Gasteiger partial charge in [0.25, 0.3) is 0 Å². The van der Waals surface area contributed by atoms with Crippen LogP contribution in [0.5, 0.6) is 0 Å². The zero-order chi connectivity index (χ0) is 50.7. The highest BCUT2D eigenvalue weighted by Crippen LogP contribution is 2.15. The van der Waals surface area contributed by atoms with Crippen molar-refractivity contribution in [2.75, 3.05) is 13.2 Å². The molecule has 0 N–H and O–H groups in total. The fraction of sp³-hybridized carbons (Fsp3) is 0.734. The fourth-order valence-corrected chi connectivity index (χ4v) is 8.21. The summed E-state index contributed by atoms with van der Waals surface area (Å²) < 4.78 is 16.8. The summed E-state index contributed by atoms with van der Waals surface area (Å²) in [7, 11) is 0. The highest BCUT2D eigenvalue weighted by atomic mass is 16.6. The van der Waals surface area contributed by atoms with Gasteiger partial charge in [0.2, 0.25) is 0 Å². The number of esters is 3. The molecule has 0 radical (unpaired) electrons. The molecule has 402 valence electrons. The zero-order valence-corrected chi connectivity index (χ0v) is 46.0. The van der Waals surface area contributed by atoms with Crippen LogP contribution in [0.2, 0.25) is 0 Å². The SMILES string of the molecule is CC/C=C\C/C=C\C/C=C\C/C=C\C/C=C\CCCCCCCC(=O)OC(COC(=O)CCCCCCCCCC)COC(=O)CCCCCCCCCCCCC/C=C\C/C=C\CCCCCCC. The van der Waals surface area contributed by atoms with E-state index in [2.05, 4.69) is 106 Å². The van der Waals surface area contributed by atoms with E-state index in [4.69, 9.17) is 14.2 Å². The molecule has 0 aliphatic rings. The first kappa shape index (κ1) is 66.6. The quantitative estimate of drug-likeness (QED) is 0.0261. The van der Waals surface area contributed by atoms with Gasteiger partial charge in [-0.3, -0.25) is 14.4 Å². The Bertz CT molecular complexity index is 1350. The largest absolute Gasteiger partial charge is 0.462 e. The van der Waals surface area contributed by atoms with E-state index in [9.17, 15) is 14.4 Å². The molecule has 0 rings (SSSR count). The van der Waals surface area contributed by atoms with E-state index >= 15 is 0 Å². The monoisotopic (exact) mass is 975 g/mol. The smallest absolute Gasteiger partial charge is 0.306 e. The molecule has 0 aromatic carbocycles. The maximum Gasteiger partial charge on any atom is 0.306 e. The molecule has 1 atom stereocenters. The molecule has 6 heteroatoms. The van der Waals surface area contributed by atoms with Crippen LogP contribution in [0, 0.1) is 0 Å². The molecule has 0 heterocycles. The second-order valence-corrected chi connectivity index (χ2v) is 19.5. The minimum atomic E-state index is -0.786. The number of hydrogen-bond donors (Lipinski definition) is 0. The van der Waals surface area contributed by atoms with Crippen molar-refractivity contribution in [2.24, 2.45) is 0 Å². The first-order valence-electron chi connectivity index (χ1n) is 29.6. The average molecular weight is 976 g/mol. The lowest BCUT2D eigenvalue weighted by Gasteiger charge is -2.18. The van der Waals surface area contributed by atoms with Crippen molar-refractivity contribution >= 4 is 17.9 Å². The van der Waals surface area contributed by atoms with Gasteiger partial charge in [-0.2, -0.15) is 0 Å². The summed E-state index contributed by atoms with van der Waals surface area (Å²) >= 11 is 0. The van der Waals surface area contributed by atoms with E-state index < -0.39 is 6.10 Å². The summed E-state index contributed by atoms with van der Waals surface area (Å²) in [5.74, 6) is -0.903. The Labute approximate surface area is 433 Å². The van der Waals surface area contributed by atoms with Crippen LogP contribution >= 0.6 is 0 Å². The van der Waals surface area contributed by atoms with Crippen LogP contribution < -0.4 is 0 Å². The Morgan fingerprint density at radius 1 is 0.300 bits per heavy atom. The third-order valence-corrected chi connectivity index (χ3v) is 12.6. The van der Waals surface area contributed by atoms with Gasteiger partial charge in [-0.1, -0.05) is 254 Å². The van der Waals surface area contributed by atoms with Crippen LogP contribution in [0.25, 0.3) is 0 Å². The Morgan fingerprint density at radius 2 is 0.557 bits per heavy atom. The van der Waals surface area contributed by atoms with Crippen molar-refractivity contribution in [2.45, 2.75) is 290 Å². The van der Waals surface area contributed by atoms with E-state index in [0.717, 1.165) is 116 Å². The molecular formula is C64H110O6. The van der Waals surface area contributed by atoms with Crippen LogP contribution in [-0.2, 0) is 28.6 Å². The molecule has 0 bridgehead atoms. The van der Waals surface area contributed by atoms with E-state index in [0.29, 0.717) is 19.3 Å². The Kier molecular flexibility index (Phi) is 55.3. The van der Waals surface area contributed by atoms with Crippen molar-refractivity contribution in [1.82, 2.24) is 0 Å². The lowest BCUT2D eigenvalue weighted by molar-refractivity contribution is -0.167. The molecule has 0 aromatic rings. The highest BCUT2D eigenvalue weighted by Gasteiger charge is 2.19. The Hall–Kier alpha value is -3.41. The van der Waals surface area contributed by atoms with Gasteiger partial charge in [0.15, 0.2) is 6.10 Å². The number of hydrogen-bond acceptors (Lipinski definition) is 6. The number of allylic oxidation sites excluding steroid dienone is 14. The normalized spacial score (nSPS) is 12.7. The van der Waals surface area contributed by atoms with Gasteiger partial charge in [-0.25, -0.2) is 0 Å². The molecule has 1 unspecified atom stereocenters. The second kappa shape index (κ2) is 58.2. The third-order valence-electron chi connectivity index (χ3n) is 12.6. The van der Waals surface area contributed by atoms with E-state index in [-0.39, 0.29) is 31.1 Å². The fourth-order valence-electron chi connectivity index (χ4n) is 8.21. The second-order valence-electron chi connectivity index (χ2n) is 19.5. The maximum absolute atomic E-state index is 12.8. The van der Waals surface area contributed by atoms with Crippen LogP contribution in [-0.4, -0.2) is 37.2 Å². The molecule has 0 spiro atoms. The molecule has 0 amide bonds. The molecule has 0 fully saturated rings. The first-order chi connectivity index (χ1) is 34.5. The van der Waals surface area contributed by atoms with Crippen molar-refractivity contribution in [1.29, 1.82) is 0 Å². The first-order valence-corrected chi connectivity index (χ1v) is 29.6. The van der Waals surface area contributed by atoms with E-state index in [1.807, 2.05) is 0 Å². The van der Waals surface area contributed by atoms with Crippen molar-refractivity contribution in [3.8, 4) is 0 Å². The zero-order valence-electron chi connectivity index (χ0n) is 46.0. The van der Waals surface area contributed by atoms with Crippen LogP contribution in [0.15, 0.2) is 85.1 Å². The van der Waals surface area contributed by atoms with Gasteiger partial charge in [0.1, 0.15) is 13.2 Å².